The molecule has 5 heteroatoms. The number of benzene rings is 4. The van der Waals surface area contributed by atoms with Gasteiger partial charge in [-0.25, -0.2) is 0 Å². The SMILES string of the molecule is OB(O)c1cccc2c1oc1c(-c3cccc4c3oc3ccccc34)cccc12. The predicted octanol–water partition coefficient (Wildman–Crippen LogP) is 4.83. The van der Waals surface area contributed by atoms with Crippen LogP contribution >= 0.6 is 0 Å². The van der Waals surface area contributed by atoms with Crippen LogP contribution in [0.2, 0.25) is 0 Å². The molecule has 0 spiro atoms. The first kappa shape index (κ1) is 16.4. The fourth-order valence-corrected chi connectivity index (χ4v) is 4.22. The summed E-state index contributed by atoms with van der Waals surface area (Å²) in [5.74, 6) is 0. The molecule has 0 amide bonds. The maximum Gasteiger partial charge on any atom is 0.492 e. The largest absolute Gasteiger partial charge is 0.492 e. The molecule has 0 aliphatic heterocycles. The van der Waals surface area contributed by atoms with E-state index in [1.54, 1.807) is 12.1 Å². The van der Waals surface area contributed by atoms with Crippen molar-refractivity contribution < 1.29 is 18.9 Å². The van der Waals surface area contributed by atoms with E-state index < -0.39 is 7.12 Å². The van der Waals surface area contributed by atoms with Gasteiger partial charge in [-0.2, -0.15) is 0 Å². The van der Waals surface area contributed by atoms with E-state index in [-0.39, 0.29) is 0 Å². The van der Waals surface area contributed by atoms with Gasteiger partial charge in [-0.3, -0.25) is 0 Å². The molecule has 4 aromatic carbocycles. The smallest absolute Gasteiger partial charge is 0.456 e. The van der Waals surface area contributed by atoms with E-state index in [0.29, 0.717) is 16.6 Å². The first-order valence-corrected chi connectivity index (χ1v) is 9.43. The molecular weight excluding hydrogens is 363 g/mol. The van der Waals surface area contributed by atoms with Crippen LogP contribution in [0.4, 0.5) is 0 Å². The van der Waals surface area contributed by atoms with Crippen LogP contribution in [-0.4, -0.2) is 17.2 Å². The number of hydrogen-bond donors (Lipinski definition) is 2. The summed E-state index contributed by atoms with van der Waals surface area (Å²) in [6.45, 7) is 0. The average molecular weight is 378 g/mol. The van der Waals surface area contributed by atoms with E-state index in [9.17, 15) is 10.0 Å². The number of para-hydroxylation sites is 4. The van der Waals surface area contributed by atoms with Crippen LogP contribution in [0, 0.1) is 0 Å². The Morgan fingerprint density at radius 3 is 1.79 bits per heavy atom. The molecule has 0 saturated heterocycles. The summed E-state index contributed by atoms with van der Waals surface area (Å²) in [6, 6.07) is 25.5. The molecule has 0 aliphatic rings. The lowest BCUT2D eigenvalue weighted by atomic mass is 9.79. The molecule has 2 heterocycles. The molecular formula is C24H15BO4. The van der Waals surface area contributed by atoms with Crippen LogP contribution in [0.15, 0.2) is 87.7 Å². The standard InChI is InChI=1S/C24H15BO4/c26-25(27)20-12-5-11-19-18-10-4-9-17(23(18)29-24(19)20)16-8-3-7-15-14-6-1-2-13-21(14)28-22(15)16/h1-13,26-27H. The Hall–Kier alpha value is -3.54. The highest BCUT2D eigenvalue weighted by Crippen LogP contribution is 2.40. The molecule has 0 fully saturated rings. The van der Waals surface area contributed by atoms with Crippen LogP contribution in [0.5, 0.6) is 0 Å². The minimum absolute atomic E-state index is 0.353. The van der Waals surface area contributed by atoms with Crippen LogP contribution in [-0.2, 0) is 0 Å². The third kappa shape index (κ3) is 2.29. The van der Waals surface area contributed by atoms with Crippen LogP contribution in [0.1, 0.15) is 0 Å². The molecule has 0 radical (unpaired) electrons. The molecule has 2 N–H and O–H groups in total. The quantitative estimate of drug-likeness (QED) is 0.424. The van der Waals surface area contributed by atoms with Crippen molar-refractivity contribution in [2.24, 2.45) is 0 Å². The number of furan rings is 2. The summed E-state index contributed by atoms with van der Waals surface area (Å²) in [5.41, 5.74) is 5.04. The molecule has 0 bridgehead atoms. The summed E-state index contributed by atoms with van der Waals surface area (Å²) < 4.78 is 12.4. The zero-order valence-corrected chi connectivity index (χ0v) is 15.3. The maximum absolute atomic E-state index is 9.74. The molecule has 6 rings (SSSR count). The summed E-state index contributed by atoms with van der Waals surface area (Å²) in [6.07, 6.45) is 0. The van der Waals surface area contributed by atoms with Gasteiger partial charge in [-0.15, -0.1) is 0 Å². The minimum Gasteiger partial charge on any atom is -0.456 e. The van der Waals surface area contributed by atoms with Gasteiger partial charge >= 0.3 is 7.12 Å². The van der Waals surface area contributed by atoms with Crippen molar-refractivity contribution in [1.82, 2.24) is 0 Å². The highest BCUT2D eigenvalue weighted by atomic mass is 16.4. The lowest BCUT2D eigenvalue weighted by Crippen LogP contribution is -2.29. The molecule has 0 atom stereocenters. The van der Waals surface area contributed by atoms with E-state index in [2.05, 4.69) is 12.1 Å². The Morgan fingerprint density at radius 2 is 1.07 bits per heavy atom. The van der Waals surface area contributed by atoms with Gasteiger partial charge in [0.05, 0.1) is 0 Å². The summed E-state index contributed by atoms with van der Waals surface area (Å²) >= 11 is 0. The number of rotatable bonds is 2. The Bertz CT molecular complexity index is 1540. The van der Waals surface area contributed by atoms with E-state index in [4.69, 9.17) is 8.83 Å². The average Bonchev–Trinajstić information content (AvgIpc) is 3.31. The summed E-state index contributed by atoms with van der Waals surface area (Å²) in [5, 5.41) is 23.4. The molecule has 4 nitrogen and oxygen atoms in total. The van der Waals surface area contributed by atoms with Crippen molar-refractivity contribution in [3.05, 3.63) is 78.9 Å². The van der Waals surface area contributed by atoms with E-state index >= 15 is 0 Å². The van der Waals surface area contributed by atoms with E-state index in [1.165, 1.54) is 0 Å². The zero-order chi connectivity index (χ0) is 19.5. The van der Waals surface area contributed by atoms with Gasteiger partial charge in [0, 0.05) is 38.1 Å². The fraction of sp³-hybridized carbons (Fsp3) is 0. The van der Waals surface area contributed by atoms with Gasteiger partial charge in [0.2, 0.25) is 0 Å². The van der Waals surface area contributed by atoms with Gasteiger partial charge < -0.3 is 18.9 Å². The normalized spacial score (nSPS) is 11.8. The molecule has 138 valence electrons. The minimum atomic E-state index is -1.60. The monoisotopic (exact) mass is 378 g/mol. The maximum atomic E-state index is 9.74. The second kappa shape index (κ2) is 5.98. The lowest BCUT2D eigenvalue weighted by molar-refractivity contribution is 0.425. The molecule has 0 unspecified atom stereocenters. The van der Waals surface area contributed by atoms with Gasteiger partial charge in [0.1, 0.15) is 22.3 Å². The van der Waals surface area contributed by atoms with E-state index in [1.807, 2.05) is 54.6 Å². The van der Waals surface area contributed by atoms with Crippen LogP contribution in [0.3, 0.4) is 0 Å². The Morgan fingerprint density at radius 1 is 0.517 bits per heavy atom. The van der Waals surface area contributed by atoms with Crippen LogP contribution in [0.25, 0.3) is 55.0 Å². The molecule has 0 saturated carbocycles. The van der Waals surface area contributed by atoms with Gasteiger partial charge in [0.25, 0.3) is 0 Å². The van der Waals surface area contributed by atoms with Crippen molar-refractivity contribution in [2.45, 2.75) is 0 Å². The third-order valence-electron chi connectivity index (χ3n) is 5.53. The second-order valence-electron chi connectivity index (χ2n) is 7.16. The van der Waals surface area contributed by atoms with E-state index in [0.717, 1.165) is 43.8 Å². The zero-order valence-electron chi connectivity index (χ0n) is 15.3. The van der Waals surface area contributed by atoms with Gasteiger partial charge in [-0.05, 0) is 6.07 Å². The highest BCUT2D eigenvalue weighted by molar-refractivity contribution is 6.61. The highest BCUT2D eigenvalue weighted by Gasteiger charge is 2.21. The Kier molecular flexibility index (Phi) is 3.39. The predicted molar refractivity (Wildman–Crippen MR) is 116 cm³/mol. The lowest BCUT2D eigenvalue weighted by Gasteiger charge is -2.03. The first-order valence-electron chi connectivity index (χ1n) is 9.43. The fourth-order valence-electron chi connectivity index (χ4n) is 4.22. The first-order chi connectivity index (χ1) is 14.2. The molecule has 0 aliphatic carbocycles. The summed E-state index contributed by atoms with van der Waals surface area (Å²) in [7, 11) is -1.60. The van der Waals surface area contributed by atoms with Crippen LogP contribution < -0.4 is 5.46 Å². The molecule has 6 aromatic rings. The molecule has 29 heavy (non-hydrogen) atoms. The summed E-state index contributed by atoms with van der Waals surface area (Å²) in [4.78, 5) is 0. The van der Waals surface area contributed by atoms with Crippen molar-refractivity contribution in [2.75, 3.05) is 0 Å². The van der Waals surface area contributed by atoms with Gasteiger partial charge in [-0.1, -0.05) is 72.8 Å². The van der Waals surface area contributed by atoms with Crippen molar-refractivity contribution in [3.63, 3.8) is 0 Å². The van der Waals surface area contributed by atoms with Crippen molar-refractivity contribution >= 4 is 56.5 Å². The third-order valence-corrected chi connectivity index (χ3v) is 5.53. The Labute approximate surface area is 165 Å². The number of hydrogen-bond acceptors (Lipinski definition) is 4. The number of fused-ring (bicyclic) bond motifs is 6. The van der Waals surface area contributed by atoms with Crippen molar-refractivity contribution in [3.8, 4) is 11.1 Å². The second-order valence-corrected chi connectivity index (χ2v) is 7.16. The topological polar surface area (TPSA) is 66.7 Å². The van der Waals surface area contributed by atoms with Gasteiger partial charge in [0.15, 0.2) is 0 Å². The Balaban J connectivity index is 1.72. The molecule has 2 aromatic heterocycles. The van der Waals surface area contributed by atoms with Crippen molar-refractivity contribution in [1.29, 1.82) is 0 Å².